The summed E-state index contributed by atoms with van der Waals surface area (Å²) < 4.78 is 0. The van der Waals surface area contributed by atoms with E-state index in [-0.39, 0.29) is 11.8 Å². The normalized spacial score (nSPS) is 35.2. The number of carbonyl (C=O) groups excluding carboxylic acids is 2. The highest BCUT2D eigenvalue weighted by Gasteiger charge is 2.52. The van der Waals surface area contributed by atoms with Crippen LogP contribution in [0.15, 0.2) is 0 Å². The zero-order valence-electron chi connectivity index (χ0n) is 10.9. The van der Waals surface area contributed by atoms with Crippen molar-refractivity contribution in [3.8, 4) is 0 Å². The number of carbonyl (C=O) groups is 2. The minimum absolute atomic E-state index is 0.0291. The molecule has 1 aliphatic heterocycles. The fourth-order valence-electron chi connectivity index (χ4n) is 2.17. The molecule has 1 rings (SSSR count). The summed E-state index contributed by atoms with van der Waals surface area (Å²) in [6.07, 6.45) is 1.26. The van der Waals surface area contributed by atoms with Crippen LogP contribution in [0.25, 0.3) is 0 Å². The van der Waals surface area contributed by atoms with E-state index in [1.165, 1.54) is 0 Å². The fraction of sp³-hybridized carbons (Fsp3) is 0.833. The van der Waals surface area contributed by atoms with E-state index in [9.17, 15) is 9.59 Å². The maximum atomic E-state index is 12.3. The second kappa shape index (κ2) is 4.07. The molecule has 1 N–H and O–H groups in total. The summed E-state index contributed by atoms with van der Waals surface area (Å²) in [4.78, 5) is 26.2. The van der Waals surface area contributed by atoms with Crippen molar-refractivity contribution in [1.82, 2.24) is 10.2 Å². The summed E-state index contributed by atoms with van der Waals surface area (Å²) in [5.74, 6) is -0.0118. The first-order valence-corrected chi connectivity index (χ1v) is 6.00. The molecule has 1 aliphatic rings. The van der Waals surface area contributed by atoms with Crippen molar-refractivity contribution in [2.24, 2.45) is 0 Å². The van der Waals surface area contributed by atoms with Gasteiger partial charge in [-0.3, -0.25) is 9.59 Å². The maximum Gasteiger partial charge on any atom is 0.248 e. The Morgan fingerprint density at radius 3 is 2.06 bits per heavy atom. The van der Waals surface area contributed by atoms with Crippen LogP contribution in [-0.4, -0.2) is 34.3 Å². The van der Waals surface area contributed by atoms with E-state index in [0.717, 1.165) is 0 Å². The monoisotopic (exact) mass is 226 g/mol. The third kappa shape index (κ3) is 1.60. The van der Waals surface area contributed by atoms with E-state index in [2.05, 4.69) is 5.32 Å². The lowest BCUT2D eigenvalue weighted by atomic mass is 9.84. The zero-order valence-corrected chi connectivity index (χ0v) is 10.9. The molecule has 1 heterocycles. The molecule has 4 nitrogen and oxygen atoms in total. The highest BCUT2D eigenvalue weighted by Crippen LogP contribution is 2.30. The largest absolute Gasteiger partial charge is 0.340 e. The lowest BCUT2D eigenvalue weighted by Crippen LogP contribution is -2.73. The Hall–Kier alpha value is -1.06. The van der Waals surface area contributed by atoms with Gasteiger partial charge in [-0.25, -0.2) is 0 Å². The van der Waals surface area contributed by atoms with Gasteiger partial charge in [-0.15, -0.1) is 0 Å². The number of amides is 2. The number of nitrogens with zero attached hydrogens (tertiary/aromatic N) is 1. The SMILES string of the molecule is CCN1C(=O)C(C)(CC)NC(=O)C1(C)CC. The zero-order chi connectivity index (χ0) is 12.6. The van der Waals surface area contributed by atoms with E-state index >= 15 is 0 Å². The van der Waals surface area contributed by atoms with Gasteiger partial charge in [0.2, 0.25) is 11.8 Å². The van der Waals surface area contributed by atoms with E-state index in [0.29, 0.717) is 19.4 Å². The third-order valence-corrected chi connectivity index (χ3v) is 3.90. The minimum atomic E-state index is -0.734. The van der Waals surface area contributed by atoms with Crippen molar-refractivity contribution in [1.29, 1.82) is 0 Å². The number of rotatable bonds is 3. The van der Waals surface area contributed by atoms with Crippen molar-refractivity contribution in [2.75, 3.05) is 6.54 Å². The molecule has 2 unspecified atom stereocenters. The molecule has 92 valence electrons. The molecule has 0 aliphatic carbocycles. The molecule has 16 heavy (non-hydrogen) atoms. The van der Waals surface area contributed by atoms with Crippen LogP contribution in [0.3, 0.4) is 0 Å². The Labute approximate surface area is 97.4 Å². The summed E-state index contributed by atoms with van der Waals surface area (Å²) >= 11 is 0. The smallest absolute Gasteiger partial charge is 0.248 e. The van der Waals surface area contributed by atoms with Crippen LogP contribution in [0, 0.1) is 0 Å². The molecule has 2 amide bonds. The average molecular weight is 226 g/mol. The Kier molecular flexibility index (Phi) is 3.31. The molecule has 4 heteroatoms. The molecule has 0 spiro atoms. The van der Waals surface area contributed by atoms with Crippen molar-refractivity contribution < 1.29 is 9.59 Å². The van der Waals surface area contributed by atoms with Gasteiger partial charge in [0, 0.05) is 6.54 Å². The van der Waals surface area contributed by atoms with Crippen molar-refractivity contribution in [3.63, 3.8) is 0 Å². The van der Waals surface area contributed by atoms with Crippen LogP contribution in [0.5, 0.6) is 0 Å². The van der Waals surface area contributed by atoms with Gasteiger partial charge in [0.1, 0.15) is 11.1 Å². The maximum absolute atomic E-state index is 12.3. The second-order valence-corrected chi connectivity index (χ2v) is 4.82. The molecule has 0 aromatic carbocycles. The highest BCUT2D eigenvalue weighted by atomic mass is 16.2. The van der Waals surface area contributed by atoms with E-state index in [4.69, 9.17) is 0 Å². The predicted octanol–water partition coefficient (Wildman–Crippen LogP) is 1.30. The van der Waals surface area contributed by atoms with Gasteiger partial charge in [0.05, 0.1) is 0 Å². The molecule has 0 aromatic rings. The number of likely N-dealkylation sites (N-methyl/N-ethyl adjacent to an activating group) is 1. The van der Waals surface area contributed by atoms with E-state index < -0.39 is 11.1 Å². The lowest BCUT2D eigenvalue weighted by molar-refractivity contribution is -0.161. The molecule has 1 saturated heterocycles. The van der Waals surface area contributed by atoms with Gasteiger partial charge in [-0.1, -0.05) is 13.8 Å². The van der Waals surface area contributed by atoms with Gasteiger partial charge in [-0.05, 0) is 33.6 Å². The Morgan fingerprint density at radius 2 is 1.69 bits per heavy atom. The molecule has 0 radical (unpaired) electrons. The summed E-state index contributed by atoms with van der Waals surface area (Å²) in [7, 11) is 0. The van der Waals surface area contributed by atoms with Crippen molar-refractivity contribution in [2.45, 2.75) is 58.5 Å². The van der Waals surface area contributed by atoms with E-state index in [1.807, 2.05) is 27.7 Å². The van der Waals surface area contributed by atoms with Crippen LogP contribution >= 0.6 is 0 Å². The summed E-state index contributed by atoms with van der Waals surface area (Å²) in [5, 5.41) is 2.87. The first-order chi connectivity index (χ1) is 7.35. The first-order valence-electron chi connectivity index (χ1n) is 6.00. The molecular formula is C12H22N2O2. The van der Waals surface area contributed by atoms with Crippen LogP contribution in [0.2, 0.25) is 0 Å². The molecule has 0 aromatic heterocycles. The van der Waals surface area contributed by atoms with E-state index in [1.54, 1.807) is 11.8 Å². The minimum Gasteiger partial charge on any atom is -0.340 e. The van der Waals surface area contributed by atoms with Crippen LogP contribution < -0.4 is 5.32 Å². The van der Waals surface area contributed by atoms with Gasteiger partial charge in [0.25, 0.3) is 0 Å². The molecule has 2 atom stereocenters. The number of hydrogen-bond donors (Lipinski definition) is 1. The second-order valence-electron chi connectivity index (χ2n) is 4.82. The van der Waals surface area contributed by atoms with Crippen molar-refractivity contribution >= 4 is 11.8 Å². The van der Waals surface area contributed by atoms with Gasteiger partial charge < -0.3 is 10.2 Å². The first kappa shape index (κ1) is 13.0. The number of hydrogen-bond acceptors (Lipinski definition) is 2. The molecule has 0 bridgehead atoms. The number of piperazine rings is 1. The Balaban J connectivity index is 3.16. The Morgan fingerprint density at radius 1 is 1.12 bits per heavy atom. The van der Waals surface area contributed by atoms with Gasteiger partial charge in [-0.2, -0.15) is 0 Å². The quantitative estimate of drug-likeness (QED) is 0.788. The third-order valence-electron chi connectivity index (χ3n) is 3.90. The summed E-state index contributed by atoms with van der Waals surface area (Å²) in [5.41, 5.74) is -1.43. The van der Waals surface area contributed by atoms with Crippen LogP contribution in [0.1, 0.15) is 47.5 Å². The molecule has 0 saturated carbocycles. The van der Waals surface area contributed by atoms with Gasteiger partial charge >= 0.3 is 0 Å². The number of nitrogens with one attached hydrogen (secondary N) is 1. The molecule has 1 fully saturated rings. The van der Waals surface area contributed by atoms with Crippen LogP contribution in [-0.2, 0) is 9.59 Å². The van der Waals surface area contributed by atoms with Crippen molar-refractivity contribution in [3.05, 3.63) is 0 Å². The fourth-order valence-corrected chi connectivity index (χ4v) is 2.17. The summed E-state index contributed by atoms with van der Waals surface area (Å²) in [6.45, 7) is 9.97. The lowest BCUT2D eigenvalue weighted by Gasteiger charge is -2.49. The Bertz CT molecular complexity index is 316. The topological polar surface area (TPSA) is 49.4 Å². The molecular weight excluding hydrogens is 204 g/mol. The van der Waals surface area contributed by atoms with Crippen LogP contribution in [0.4, 0.5) is 0 Å². The van der Waals surface area contributed by atoms with Gasteiger partial charge in [0.15, 0.2) is 0 Å². The average Bonchev–Trinajstić information content (AvgIpc) is 2.27. The standard InChI is InChI=1S/C12H22N2O2/c1-6-11(4)10(16)14(8-3)12(5,7-2)9(15)13-11/h6-8H2,1-5H3,(H,13,15). The highest BCUT2D eigenvalue weighted by molar-refractivity contribution is 6.01. The summed E-state index contributed by atoms with van der Waals surface area (Å²) in [6, 6.07) is 0. The predicted molar refractivity (Wildman–Crippen MR) is 62.9 cm³/mol.